The van der Waals surface area contributed by atoms with Crippen molar-refractivity contribution in [3.8, 4) is 0 Å². The number of azo groups is 1. The smallest absolute Gasteiger partial charge is 0.269 e. The van der Waals surface area contributed by atoms with Crippen LogP contribution >= 0.6 is 0 Å². The Hall–Kier alpha value is -4.13. The van der Waals surface area contributed by atoms with Gasteiger partial charge in [-0.05, 0) is 18.6 Å². The third-order valence-electron chi connectivity index (χ3n) is 4.17. The van der Waals surface area contributed by atoms with Crippen LogP contribution in [-0.2, 0) is 0 Å². The van der Waals surface area contributed by atoms with Gasteiger partial charge in [-0.2, -0.15) is 5.11 Å². The van der Waals surface area contributed by atoms with Gasteiger partial charge in [0.05, 0.1) is 10.6 Å². The lowest BCUT2D eigenvalue weighted by Crippen LogP contribution is -2.04. The normalized spacial score (nSPS) is 11.9. The molecule has 7 nitrogen and oxygen atoms in total. The molecule has 0 aliphatic heterocycles. The molecule has 144 valence electrons. The van der Waals surface area contributed by atoms with Gasteiger partial charge in [0.1, 0.15) is 0 Å². The van der Waals surface area contributed by atoms with Gasteiger partial charge in [0.25, 0.3) is 5.69 Å². The Balaban J connectivity index is 2.06. The number of Topliss-reactive ketones (excluding diaryl/α,β-unsaturated/α-hetero) is 1. The average molecular weight is 387 g/mol. The lowest BCUT2D eigenvalue weighted by atomic mass is 10.1. The van der Waals surface area contributed by atoms with Crippen LogP contribution in [0.15, 0.2) is 94.8 Å². The standard InChI is InChI=1S/C22H17N3O4/c1-15-14-18(25(28)29)12-13-19(15)23-24-20(21(26)16-8-4-2-5-9-16)22(27)17-10-6-3-7-11-17/h2-14,26H,1H3. The molecule has 3 aromatic rings. The molecule has 0 unspecified atom stereocenters. The second-order valence-corrected chi connectivity index (χ2v) is 6.19. The van der Waals surface area contributed by atoms with E-state index in [9.17, 15) is 20.0 Å². The molecule has 0 radical (unpaired) electrons. The summed E-state index contributed by atoms with van der Waals surface area (Å²) >= 11 is 0. The minimum absolute atomic E-state index is 0.0651. The number of hydrogen-bond acceptors (Lipinski definition) is 6. The molecule has 7 heteroatoms. The molecule has 3 aromatic carbocycles. The Morgan fingerprint density at radius 3 is 2.07 bits per heavy atom. The minimum atomic E-state index is -0.501. The number of ketones is 1. The molecule has 29 heavy (non-hydrogen) atoms. The van der Waals surface area contributed by atoms with Gasteiger partial charge in [0.2, 0.25) is 5.78 Å². The van der Waals surface area contributed by atoms with Crippen molar-refractivity contribution >= 4 is 22.9 Å². The topological polar surface area (TPSA) is 105 Å². The molecule has 0 saturated heterocycles. The number of aliphatic hydroxyl groups is 1. The molecule has 0 aromatic heterocycles. The summed E-state index contributed by atoms with van der Waals surface area (Å²) in [6.45, 7) is 1.65. The first-order chi connectivity index (χ1) is 14.0. The third kappa shape index (κ3) is 4.59. The Morgan fingerprint density at radius 2 is 1.52 bits per heavy atom. The number of nitro groups is 1. The molecular weight excluding hydrogens is 370 g/mol. The van der Waals surface area contributed by atoms with E-state index in [-0.39, 0.29) is 17.1 Å². The van der Waals surface area contributed by atoms with E-state index in [1.165, 1.54) is 18.2 Å². The predicted molar refractivity (Wildman–Crippen MR) is 109 cm³/mol. The SMILES string of the molecule is Cc1cc([N+](=O)[O-])ccc1N=NC(C(=O)c1ccccc1)=C(O)c1ccccc1. The number of non-ortho nitro benzene ring substituents is 1. The van der Waals surface area contributed by atoms with Gasteiger partial charge in [-0.1, -0.05) is 60.7 Å². The first-order valence-corrected chi connectivity index (χ1v) is 8.72. The van der Waals surface area contributed by atoms with Crippen LogP contribution in [0.25, 0.3) is 5.76 Å². The van der Waals surface area contributed by atoms with E-state index in [0.717, 1.165) is 0 Å². The summed E-state index contributed by atoms with van der Waals surface area (Å²) < 4.78 is 0. The molecule has 0 heterocycles. The molecule has 1 N–H and O–H groups in total. The van der Waals surface area contributed by atoms with E-state index in [4.69, 9.17) is 0 Å². The lowest BCUT2D eigenvalue weighted by Gasteiger charge is -2.06. The first-order valence-electron chi connectivity index (χ1n) is 8.72. The lowest BCUT2D eigenvalue weighted by molar-refractivity contribution is -0.384. The van der Waals surface area contributed by atoms with Crippen LogP contribution in [0.1, 0.15) is 21.5 Å². The Labute approximate surface area is 166 Å². The number of rotatable bonds is 6. The summed E-state index contributed by atoms with van der Waals surface area (Å²) in [5.41, 5.74) is 1.36. The van der Waals surface area contributed by atoms with Crippen LogP contribution in [0, 0.1) is 17.0 Å². The largest absolute Gasteiger partial charge is 0.505 e. The number of allylic oxidation sites excluding steroid dienone is 1. The number of carbonyl (C=O) groups is 1. The van der Waals surface area contributed by atoms with Crippen LogP contribution in [0.3, 0.4) is 0 Å². The van der Waals surface area contributed by atoms with Crippen molar-refractivity contribution in [1.29, 1.82) is 0 Å². The van der Waals surface area contributed by atoms with Crippen LogP contribution in [0.4, 0.5) is 11.4 Å². The van der Waals surface area contributed by atoms with E-state index < -0.39 is 10.7 Å². The predicted octanol–water partition coefficient (Wildman–Crippen LogP) is 5.80. The summed E-state index contributed by atoms with van der Waals surface area (Å²) in [4.78, 5) is 23.3. The molecule has 0 fully saturated rings. The van der Waals surface area contributed by atoms with Gasteiger partial charge < -0.3 is 5.11 Å². The monoisotopic (exact) mass is 387 g/mol. The molecule has 0 saturated carbocycles. The van der Waals surface area contributed by atoms with E-state index >= 15 is 0 Å². The van der Waals surface area contributed by atoms with Crippen LogP contribution in [-0.4, -0.2) is 15.8 Å². The van der Waals surface area contributed by atoms with Crippen molar-refractivity contribution in [1.82, 2.24) is 0 Å². The number of nitro benzene ring substituents is 1. The minimum Gasteiger partial charge on any atom is -0.505 e. The van der Waals surface area contributed by atoms with E-state index in [1.54, 1.807) is 67.6 Å². The first kappa shape index (κ1) is 19.6. The summed E-state index contributed by atoms with van der Waals surface area (Å²) in [5, 5.41) is 29.7. The fourth-order valence-electron chi connectivity index (χ4n) is 2.63. The van der Waals surface area contributed by atoms with Crippen molar-refractivity contribution in [2.75, 3.05) is 0 Å². The maximum absolute atomic E-state index is 12.9. The van der Waals surface area contributed by atoms with Gasteiger partial charge in [-0.25, -0.2) is 0 Å². The summed E-state index contributed by atoms with van der Waals surface area (Å²) in [7, 11) is 0. The number of aliphatic hydroxyl groups excluding tert-OH is 1. The third-order valence-corrected chi connectivity index (χ3v) is 4.17. The highest BCUT2D eigenvalue weighted by Gasteiger charge is 2.19. The van der Waals surface area contributed by atoms with Crippen LogP contribution in [0.5, 0.6) is 0 Å². The molecule has 0 amide bonds. The van der Waals surface area contributed by atoms with Gasteiger partial charge in [-0.3, -0.25) is 14.9 Å². The van der Waals surface area contributed by atoms with Gasteiger partial charge in [0.15, 0.2) is 11.5 Å². The Morgan fingerprint density at radius 1 is 0.931 bits per heavy atom. The average Bonchev–Trinajstić information content (AvgIpc) is 2.75. The van der Waals surface area contributed by atoms with E-state index in [0.29, 0.717) is 22.4 Å². The molecule has 0 aliphatic carbocycles. The maximum Gasteiger partial charge on any atom is 0.269 e. The van der Waals surface area contributed by atoms with E-state index in [2.05, 4.69) is 10.2 Å². The van der Waals surface area contributed by atoms with Gasteiger partial charge in [0, 0.05) is 23.3 Å². The molecular formula is C22H17N3O4. The maximum atomic E-state index is 12.9. The molecule has 0 bridgehead atoms. The zero-order valence-electron chi connectivity index (χ0n) is 15.5. The number of aryl methyl sites for hydroxylation is 1. The number of hydrogen-bond donors (Lipinski definition) is 1. The van der Waals surface area contributed by atoms with Crippen molar-refractivity contribution in [3.63, 3.8) is 0 Å². The van der Waals surface area contributed by atoms with E-state index in [1.807, 2.05) is 0 Å². The second kappa shape index (κ2) is 8.71. The second-order valence-electron chi connectivity index (χ2n) is 6.19. The number of carbonyl (C=O) groups excluding carboxylic acids is 1. The zero-order chi connectivity index (χ0) is 20.8. The molecule has 3 rings (SSSR count). The summed E-state index contributed by atoms with van der Waals surface area (Å²) in [5.74, 6) is -0.793. The Bertz CT molecular complexity index is 1110. The quantitative estimate of drug-likeness (QED) is 0.144. The highest BCUT2D eigenvalue weighted by Crippen LogP contribution is 2.27. The summed E-state index contributed by atoms with van der Waals surface area (Å²) in [6, 6.07) is 21.1. The van der Waals surface area contributed by atoms with Gasteiger partial charge in [-0.15, -0.1) is 5.11 Å². The molecule has 0 spiro atoms. The van der Waals surface area contributed by atoms with Crippen molar-refractivity contribution < 1.29 is 14.8 Å². The number of nitrogens with zero attached hydrogens (tertiary/aromatic N) is 3. The van der Waals surface area contributed by atoms with Crippen LogP contribution < -0.4 is 0 Å². The highest BCUT2D eigenvalue weighted by atomic mass is 16.6. The molecule has 0 aliphatic rings. The van der Waals surface area contributed by atoms with Gasteiger partial charge >= 0.3 is 0 Å². The van der Waals surface area contributed by atoms with Crippen molar-refractivity contribution in [2.45, 2.75) is 6.92 Å². The highest BCUT2D eigenvalue weighted by molar-refractivity contribution is 6.12. The zero-order valence-corrected chi connectivity index (χ0v) is 15.5. The fraction of sp³-hybridized carbons (Fsp3) is 0.0455. The van der Waals surface area contributed by atoms with Crippen molar-refractivity contribution in [2.24, 2.45) is 10.2 Å². The number of benzene rings is 3. The Kier molecular flexibility index (Phi) is 5.89. The fourth-order valence-corrected chi connectivity index (χ4v) is 2.63. The molecule has 0 atom stereocenters. The van der Waals surface area contributed by atoms with Crippen molar-refractivity contribution in [3.05, 3.63) is 111 Å². The van der Waals surface area contributed by atoms with Crippen LogP contribution in [0.2, 0.25) is 0 Å². The summed E-state index contributed by atoms with van der Waals surface area (Å²) in [6.07, 6.45) is 0.